The average molecular weight is 534 g/mol. The van der Waals surface area contributed by atoms with E-state index in [4.69, 9.17) is 0 Å². The van der Waals surface area contributed by atoms with Crippen LogP contribution in [0.25, 0.3) is 22.0 Å². The zero-order valence-corrected chi connectivity index (χ0v) is 20.0. The van der Waals surface area contributed by atoms with Crippen molar-refractivity contribution in [1.29, 1.82) is 0 Å². The Hall–Kier alpha value is -3.77. The summed E-state index contributed by atoms with van der Waals surface area (Å²) in [4.78, 5) is 11.6. The number of aliphatic hydroxyl groups is 1. The first-order valence-electron chi connectivity index (χ1n) is 11.1. The number of sulfone groups is 1. The summed E-state index contributed by atoms with van der Waals surface area (Å²) in [6.07, 6.45) is -0.611. The summed E-state index contributed by atoms with van der Waals surface area (Å²) < 4.78 is 86.3. The average Bonchev–Trinajstić information content (AvgIpc) is 3.45. The van der Waals surface area contributed by atoms with E-state index in [0.29, 0.717) is 0 Å². The second kappa shape index (κ2) is 8.96. The molecule has 0 saturated carbocycles. The van der Waals surface area contributed by atoms with Crippen LogP contribution in [0.15, 0.2) is 41.3 Å². The van der Waals surface area contributed by atoms with E-state index in [-0.39, 0.29) is 45.5 Å². The smallest absolute Gasteiger partial charge is 0.269 e. The standard InChI is InChI=1S/C25H19F4N3O4S/c1-30-25(34)24-15-4-3-14(22(29)23(15)31-32-24)20-17(27)6-2-11(21(20)28)10-37(35,36)19-9-12(26)8-16-13(19)5-7-18(16)33/h2-4,6,8-9,18,33H,5,7,10H2,1H3,(H,30,34)(H,31,32). The van der Waals surface area contributed by atoms with Crippen LogP contribution in [0, 0.1) is 23.3 Å². The van der Waals surface area contributed by atoms with Crippen molar-refractivity contribution in [3.05, 3.63) is 82.1 Å². The number of halogens is 4. The normalized spacial score (nSPS) is 15.2. The quantitative estimate of drug-likeness (QED) is 0.335. The van der Waals surface area contributed by atoms with Crippen molar-refractivity contribution in [1.82, 2.24) is 15.5 Å². The van der Waals surface area contributed by atoms with E-state index in [1.165, 1.54) is 13.1 Å². The van der Waals surface area contributed by atoms with E-state index in [9.17, 15) is 27.1 Å². The number of H-pyrrole nitrogens is 1. The van der Waals surface area contributed by atoms with Gasteiger partial charge in [-0.3, -0.25) is 9.89 Å². The molecular formula is C25H19F4N3O4S. The van der Waals surface area contributed by atoms with Gasteiger partial charge in [-0.05, 0) is 48.2 Å². The lowest BCUT2D eigenvalue weighted by Crippen LogP contribution is -2.18. The first-order chi connectivity index (χ1) is 17.5. The molecule has 0 fully saturated rings. The Kier molecular flexibility index (Phi) is 6.03. The van der Waals surface area contributed by atoms with Crippen LogP contribution in [-0.4, -0.2) is 36.7 Å². The lowest BCUT2D eigenvalue weighted by atomic mass is 9.99. The van der Waals surface area contributed by atoms with Crippen molar-refractivity contribution in [2.45, 2.75) is 29.6 Å². The maximum atomic E-state index is 15.6. The van der Waals surface area contributed by atoms with Gasteiger partial charge in [0.05, 0.1) is 22.3 Å². The number of nitrogens with zero attached hydrogens (tertiary/aromatic N) is 1. The molecule has 7 nitrogen and oxygen atoms in total. The van der Waals surface area contributed by atoms with Gasteiger partial charge in [-0.1, -0.05) is 12.1 Å². The highest BCUT2D eigenvalue weighted by Gasteiger charge is 2.31. The van der Waals surface area contributed by atoms with Gasteiger partial charge in [-0.25, -0.2) is 26.0 Å². The largest absolute Gasteiger partial charge is 0.388 e. The highest BCUT2D eigenvalue weighted by atomic mass is 32.2. The summed E-state index contributed by atoms with van der Waals surface area (Å²) in [5.74, 6) is -5.96. The molecule has 1 aliphatic rings. The lowest BCUT2D eigenvalue weighted by Gasteiger charge is -2.14. The second-order valence-corrected chi connectivity index (χ2v) is 10.6. The maximum Gasteiger partial charge on any atom is 0.269 e. The summed E-state index contributed by atoms with van der Waals surface area (Å²) in [5.41, 5.74) is -1.76. The van der Waals surface area contributed by atoms with Crippen molar-refractivity contribution in [2.75, 3.05) is 7.05 Å². The molecule has 4 aromatic rings. The van der Waals surface area contributed by atoms with Gasteiger partial charge in [-0.15, -0.1) is 0 Å². The van der Waals surface area contributed by atoms with Crippen molar-refractivity contribution in [2.24, 2.45) is 0 Å². The van der Waals surface area contributed by atoms with E-state index in [1.54, 1.807) is 0 Å². The topological polar surface area (TPSA) is 112 Å². The van der Waals surface area contributed by atoms with E-state index in [1.807, 2.05) is 0 Å². The number of rotatable bonds is 5. The first kappa shape index (κ1) is 24.9. The minimum absolute atomic E-state index is 0.0449. The van der Waals surface area contributed by atoms with Crippen LogP contribution in [0.5, 0.6) is 0 Å². The van der Waals surface area contributed by atoms with Gasteiger partial charge >= 0.3 is 0 Å². The van der Waals surface area contributed by atoms with Crippen LogP contribution in [0.3, 0.4) is 0 Å². The van der Waals surface area contributed by atoms with Crippen molar-refractivity contribution in [3.63, 3.8) is 0 Å². The fourth-order valence-electron chi connectivity index (χ4n) is 4.69. The highest BCUT2D eigenvalue weighted by Crippen LogP contribution is 2.38. The Balaban J connectivity index is 1.59. The molecule has 37 heavy (non-hydrogen) atoms. The van der Waals surface area contributed by atoms with Crippen LogP contribution >= 0.6 is 0 Å². The van der Waals surface area contributed by atoms with Gasteiger partial charge < -0.3 is 10.4 Å². The Labute approximate surface area is 208 Å². The number of benzene rings is 3. The molecule has 1 amide bonds. The Morgan fingerprint density at radius 3 is 2.62 bits per heavy atom. The third kappa shape index (κ3) is 4.05. The number of hydrogen-bond acceptors (Lipinski definition) is 5. The van der Waals surface area contributed by atoms with Gasteiger partial charge in [0.25, 0.3) is 5.91 Å². The molecule has 3 N–H and O–H groups in total. The van der Waals surface area contributed by atoms with E-state index < -0.39 is 67.6 Å². The fraction of sp³-hybridized carbons (Fsp3) is 0.200. The van der Waals surface area contributed by atoms with Crippen LogP contribution in [0.2, 0.25) is 0 Å². The molecule has 1 atom stereocenters. The molecular weight excluding hydrogens is 514 g/mol. The number of fused-ring (bicyclic) bond motifs is 2. The molecule has 0 aliphatic heterocycles. The lowest BCUT2D eigenvalue weighted by molar-refractivity contribution is 0.0959. The summed E-state index contributed by atoms with van der Waals surface area (Å²) in [7, 11) is -2.98. The minimum Gasteiger partial charge on any atom is -0.388 e. The van der Waals surface area contributed by atoms with E-state index in [2.05, 4.69) is 15.5 Å². The van der Waals surface area contributed by atoms with Gasteiger partial charge in [0.15, 0.2) is 15.7 Å². The highest BCUT2D eigenvalue weighted by molar-refractivity contribution is 7.90. The number of aromatic nitrogens is 2. The predicted octanol–water partition coefficient (Wildman–Crippen LogP) is 4.10. The molecule has 1 aromatic heterocycles. The molecule has 12 heteroatoms. The Morgan fingerprint density at radius 1 is 1.14 bits per heavy atom. The molecule has 1 aliphatic carbocycles. The molecule has 5 rings (SSSR count). The van der Waals surface area contributed by atoms with Crippen LogP contribution in [-0.2, 0) is 22.0 Å². The van der Waals surface area contributed by atoms with Gasteiger partial charge in [0, 0.05) is 23.6 Å². The number of aliphatic hydroxyl groups excluding tert-OH is 1. The number of nitrogens with one attached hydrogen (secondary N) is 2. The number of hydrogen-bond donors (Lipinski definition) is 3. The summed E-state index contributed by atoms with van der Waals surface area (Å²) in [5, 5.41) is 18.6. The maximum absolute atomic E-state index is 15.6. The second-order valence-electron chi connectivity index (χ2n) is 8.68. The van der Waals surface area contributed by atoms with Crippen LogP contribution in [0.4, 0.5) is 17.6 Å². The molecule has 0 spiro atoms. The minimum atomic E-state index is -4.34. The van der Waals surface area contributed by atoms with E-state index in [0.717, 1.165) is 30.3 Å². The molecule has 1 unspecified atom stereocenters. The zero-order chi connectivity index (χ0) is 26.6. The number of aromatic amines is 1. The van der Waals surface area contributed by atoms with Gasteiger partial charge in [0.2, 0.25) is 0 Å². The third-order valence-electron chi connectivity index (χ3n) is 6.48. The molecule has 0 saturated heterocycles. The molecule has 0 bridgehead atoms. The summed E-state index contributed by atoms with van der Waals surface area (Å²) >= 11 is 0. The summed E-state index contributed by atoms with van der Waals surface area (Å²) in [6.45, 7) is 0. The number of amides is 1. The number of carbonyl (C=O) groups excluding carboxylic acids is 1. The summed E-state index contributed by atoms with van der Waals surface area (Å²) in [6, 6.07) is 5.95. The third-order valence-corrected chi connectivity index (χ3v) is 8.20. The first-order valence-corrected chi connectivity index (χ1v) is 12.8. The SMILES string of the molecule is CNC(=O)c1[nH]nc2c(F)c(-c3c(F)ccc(CS(=O)(=O)c4cc(F)cc5c4CCC5O)c3F)ccc12. The van der Waals surface area contributed by atoms with Crippen molar-refractivity contribution in [3.8, 4) is 11.1 Å². The zero-order valence-electron chi connectivity index (χ0n) is 19.2. The molecule has 3 aromatic carbocycles. The van der Waals surface area contributed by atoms with Crippen LogP contribution < -0.4 is 5.32 Å². The molecule has 192 valence electrons. The van der Waals surface area contributed by atoms with Crippen molar-refractivity contribution >= 4 is 26.6 Å². The van der Waals surface area contributed by atoms with Gasteiger partial charge in [-0.2, -0.15) is 5.10 Å². The monoisotopic (exact) mass is 533 g/mol. The van der Waals surface area contributed by atoms with Crippen LogP contribution in [0.1, 0.15) is 39.7 Å². The van der Waals surface area contributed by atoms with E-state index >= 15 is 8.78 Å². The molecule has 0 radical (unpaired) electrons. The van der Waals surface area contributed by atoms with Gasteiger partial charge in [0.1, 0.15) is 28.7 Å². The molecule has 1 heterocycles. The van der Waals surface area contributed by atoms with Crippen molar-refractivity contribution < 1.29 is 35.9 Å². The predicted molar refractivity (Wildman–Crippen MR) is 125 cm³/mol. The fourth-order valence-corrected chi connectivity index (χ4v) is 6.36. The Bertz CT molecular complexity index is 1700. The number of carbonyl (C=O) groups is 1. The Morgan fingerprint density at radius 2 is 1.89 bits per heavy atom.